The van der Waals surface area contributed by atoms with E-state index in [0.717, 1.165) is 12.1 Å². The van der Waals surface area contributed by atoms with Gasteiger partial charge in [-0.1, -0.05) is 0 Å². The molecule has 2 aromatic heterocycles. The minimum atomic E-state index is -4.39. The Hall–Kier alpha value is -2.83. The van der Waals surface area contributed by atoms with Crippen molar-refractivity contribution in [3.05, 3.63) is 66.1 Å². The third-order valence-corrected chi connectivity index (χ3v) is 3.12. The molecule has 0 radical (unpaired) electrons. The van der Waals surface area contributed by atoms with E-state index >= 15 is 0 Å². The molecule has 0 aliphatic heterocycles. The molecule has 112 valence electrons. The summed E-state index contributed by atoms with van der Waals surface area (Å²) in [5.74, 6) is -0.407. The van der Waals surface area contributed by atoms with Gasteiger partial charge in [0.15, 0.2) is 0 Å². The van der Waals surface area contributed by atoms with Crippen LogP contribution in [0, 0.1) is 0 Å². The second-order valence-corrected chi connectivity index (χ2v) is 4.64. The Morgan fingerprint density at radius 1 is 1.09 bits per heavy atom. The molecule has 3 rings (SSSR count). The number of imidazole rings is 1. The van der Waals surface area contributed by atoms with Crippen molar-refractivity contribution in [2.24, 2.45) is 0 Å². The summed E-state index contributed by atoms with van der Waals surface area (Å²) in [4.78, 5) is 16.2. The number of rotatable bonds is 2. The van der Waals surface area contributed by atoms with Gasteiger partial charge in [0.1, 0.15) is 5.65 Å². The number of pyridine rings is 1. The van der Waals surface area contributed by atoms with Gasteiger partial charge in [0, 0.05) is 24.3 Å². The Morgan fingerprint density at radius 3 is 2.50 bits per heavy atom. The van der Waals surface area contributed by atoms with Crippen molar-refractivity contribution in [1.82, 2.24) is 9.38 Å². The number of carbonyl (C=O) groups excluding carboxylic acids is 1. The van der Waals surface area contributed by atoms with E-state index in [0.29, 0.717) is 16.9 Å². The normalized spacial score (nSPS) is 11.6. The topological polar surface area (TPSA) is 46.4 Å². The molecule has 4 nitrogen and oxygen atoms in total. The van der Waals surface area contributed by atoms with E-state index in [-0.39, 0.29) is 0 Å². The van der Waals surface area contributed by atoms with Crippen LogP contribution in [0.1, 0.15) is 15.9 Å². The van der Waals surface area contributed by atoms with Gasteiger partial charge in [-0.05, 0) is 36.4 Å². The highest BCUT2D eigenvalue weighted by Gasteiger charge is 2.29. The van der Waals surface area contributed by atoms with Crippen LogP contribution in [-0.4, -0.2) is 15.3 Å². The average molecular weight is 305 g/mol. The average Bonchev–Trinajstić information content (AvgIpc) is 2.94. The molecular formula is C15H10F3N3O. The first-order valence-electron chi connectivity index (χ1n) is 6.35. The lowest BCUT2D eigenvalue weighted by molar-refractivity contribution is -0.137. The van der Waals surface area contributed by atoms with Gasteiger partial charge in [0.2, 0.25) is 0 Å². The first kappa shape index (κ1) is 14.1. The number of hydrogen-bond acceptors (Lipinski definition) is 2. The molecule has 1 aromatic carbocycles. The third kappa shape index (κ3) is 2.78. The van der Waals surface area contributed by atoms with Gasteiger partial charge in [-0.25, -0.2) is 4.98 Å². The second-order valence-electron chi connectivity index (χ2n) is 4.64. The molecule has 0 aliphatic rings. The van der Waals surface area contributed by atoms with E-state index in [4.69, 9.17) is 0 Å². The van der Waals surface area contributed by atoms with Crippen molar-refractivity contribution in [1.29, 1.82) is 0 Å². The predicted octanol–water partition coefficient (Wildman–Crippen LogP) is 3.61. The molecule has 22 heavy (non-hydrogen) atoms. The van der Waals surface area contributed by atoms with Gasteiger partial charge >= 0.3 is 6.18 Å². The maximum Gasteiger partial charge on any atom is 0.416 e. The fraction of sp³-hybridized carbons (Fsp3) is 0.0667. The summed E-state index contributed by atoms with van der Waals surface area (Å²) in [7, 11) is 0. The van der Waals surface area contributed by atoms with Crippen LogP contribution < -0.4 is 5.32 Å². The van der Waals surface area contributed by atoms with Crippen molar-refractivity contribution in [2.75, 3.05) is 5.32 Å². The minimum Gasteiger partial charge on any atom is -0.322 e. The fourth-order valence-electron chi connectivity index (χ4n) is 2.00. The van der Waals surface area contributed by atoms with Crippen LogP contribution in [0.15, 0.2) is 55.0 Å². The largest absolute Gasteiger partial charge is 0.416 e. The molecule has 0 saturated carbocycles. The van der Waals surface area contributed by atoms with Crippen molar-refractivity contribution < 1.29 is 18.0 Å². The summed E-state index contributed by atoms with van der Waals surface area (Å²) in [5.41, 5.74) is 0.616. The minimum absolute atomic E-state index is 0.295. The molecule has 0 spiro atoms. The Morgan fingerprint density at radius 2 is 1.82 bits per heavy atom. The maximum atomic E-state index is 12.5. The summed E-state index contributed by atoms with van der Waals surface area (Å²) >= 11 is 0. The number of hydrogen-bond donors (Lipinski definition) is 1. The molecule has 0 atom stereocenters. The number of nitrogens with zero attached hydrogens (tertiary/aromatic N) is 2. The quantitative estimate of drug-likeness (QED) is 0.786. The Labute approximate surface area is 123 Å². The van der Waals surface area contributed by atoms with Gasteiger partial charge in [0.25, 0.3) is 5.91 Å². The zero-order valence-corrected chi connectivity index (χ0v) is 11.1. The lowest BCUT2D eigenvalue weighted by Crippen LogP contribution is -2.13. The number of halogens is 3. The van der Waals surface area contributed by atoms with Gasteiger partial charge < -0.3 is 9.72 Å². The second kappa shape index (κ2) is 5.18. The number of aromatic nitrogens is 2. The predicted molar refractivity (Wildman–Crippen MR) is 74.6 cm³/mol. The lowest BCUT2D eigenvalue weighted by atomic mass is 10.2. The summed E-state index contributed by atoms with van der Waals surface area (Å²) in [6.07, 6.45) is 0.508. The molecular weight excluding hydrogens is 295 g/mol. The molecule has 0 aliphatic carbocycles. The first-order chi connectivity index (χ1) is 10.4. The number of carbonyl (C=O) groups is 1. The monoisotopic (exact) mass is 305 g/mol. The fourth-order valence-corrected chi connectivity index (χ4v) is 2.00. The summed E-state index contributed by atoms with van der Waals surface area (Å²) < 4.78 is 39.1. The lowest BCUT2D eigenvalue weighted by Gasteiger charge is -2.09. The molecule has 0 unspecified atom stereocenters. The number of benzene rings is 1. The molecule has 2 heterocycles. The highest BCUT2D eigenvalue weighted by Crippen LogP contribution is 2.29. The summed E-state index contributed by atoms with van der Waals surface area (Å²) in [6, 6.07) is 7.57. The summed E-state index contributed by atoms with van der Waals surface area (Å²) in [5, 5.41) is 2.55. The van der Waals surface area contributed by atoms with Gasteiger partial charge in [-0.2, -0.15) is 13.2 Å². The van der Waals surface area contributed by atoms with E-state index in [1.165, 1.54) is 12.1 Å². The van der Waals surface area contributed by atoms with E-state index in [1.807, 2.05) is 0 Å². The van der Waals surface area contributed by atoms with Crippen LogP contribution in [0.2, 0.25) is 0 Å². The van der Waals surface area contributed by atoms with Crippen LogP contribution >= 0.6 is 0 Å². The van der Waals surface area contributed by atoms with Gasteiger partial charge in [-0.15, -0.1) is 0 Å². The number of anilines is 1. The number of amides is 1. The zero-order valence-electron chi connectivity index (χ0n) is 11.1. The molecule has 7 heteroatoms. The van der Waals surface area contributed by atoms with Gasteiger partial charge in [-0.3, -0.25) is 4.79 Å². The third-order valence-electron chi connectivity index (χ3n) is 3.12. The summed E-state index contributed by atoms with van der Waals surface area (Å²) in [6.45, 7) is 0. The molecule has 0 saturated heterocycles. The van der Waals surface area contributed by atoms with E-state index < -0.39 is 17.6 Å². The van der Waals surface area contributed by atoms with Crippen LogP contribution in [-0.2, 0) is 6.18 Å². The van der Waals surface area contributed by atoms with E-state index in [9.17, 15) is 18.0 Å². The van der Waals surface area contributed by atoms with Crippen molar-refractivity contribution >= 4 is 17.2 Å². The number of alkyl halides is 3. The Bertz CT molecular complexity index is 822. The molecule has 3 aromatic rings. The Balaban J connectivity index is 1.78. The van der Waals surface area contributed by atoms with Crippen molar-refractivity contribution in [3.8, 4) is 0 Å². The standard InChI is InChI=1S/C15H10F3N3O/c16-15(17,18)11-2-4-12(5-3-11)20-14(22)10-1-6-13-19-7-8-21(13)9-10/h1-9H,(H,20,22). The number of fused-ring (bicyclic) bond motifs is 1. The van der Waals surface area contributed by atoms with Crippen molar-refractivity contribution in [3.63, 3.8) is 0 Å². The van der Waals surface area contributed by atoms with E-state index in [2.05, 4.69) is 10.3 Å². The molecule has 0 fully saturated rings. The van der Waals surface area contributed by atoms with Crippen LogP contribution in [0.4, 0.5) is 18.9 Å². The molecule has 1 N–H and O–H groups in total. The first-order valence-corrected chi connectivity index (χ1v) is 6.35. The van der Waals surface area contributed by atoms with Crippen LogP contribution in [0.3, 0.4) is 0 Å². The molecule has 0 bridgehead atoms. The van der Waals surface area contributed by atoms with Crippen molar-refractivity contribution in [2.45, 2.75) is 6.18 Å². The SMILES string of the molecule is O=C(Nc1ccc(C(F)(F)F)cc1)c1ccc2nccn2c1. The highest BCUT2D eigenvalue weighted by molar-refractivity contribution is 6.04. The van der Waals surface area contributed by atoms with E-state index in [1.54, 1.807) is 35.1 Å². The maximum absolute atomic E-state index is 12.5. The zero-order chi connectivity index (χ0) is 15.7. The highest BCUT2D eigenvalue weighted by atomic mass is 19.4. The van der Waals surface area contributed by atoms with Crippen LogP contribution in [0.5, 0.6) is 0 Å². The van der Waals surface area contributed by atoms with Gasteiger partial charge in [0.05, 0.1) is 11.1 Å². The Kier molecular flexibility index (Phi) is 3.32. The molecule has 1 amide bonds. The van der Waals surface area contributed by atoms with Crippen LogP contribution in [0.25, 0.3) is 5.65 Å². The number of nitrogens with one attached hydrogen (secondary N) is 1. The smallest absolute Gasteiger partial charge is 0.322 e.